The molecule has 2 N–H and O–H groups in total. The van der Waals surface area contributed by atoms with Crippen molar-refractivity contribution >= 4 is 6.03 Å². The molecule has 0 spiro atoms. The van der Waals surface area contributed by atoms with Crippen LogP contribution in [-0.2, 0) is 11.3 Å². The Hall–Kier alpha value is -2.73. The summed E-state index contributed by atoms with van der Waals surface area (Å²) >= 11 is 0. The lowest BCUT2D eigenvalue weighted by Gasteiger charge is -2.33. The van der Waals surface area contributed by atoms with Crippen molar-refractivity contribution in [2.24, 2.45) is 5.92 Å². The van der Waals surface area contributed by atoms with Crippen LogP contribution in [0.15, 0.2) is 48.5 Å². The van der Waals surface area contributed by atoms with Crippen molar-refractivity contribution < 1.29 is 19.4 Å². The van der Waals surface area contributed by atoms with Crippen molar-refractivity contribution in [1.82, 2.24) is 10.2 Å². The summed E-state index contributed by atoms with van der Waals surface area (Å²) < 4.78 is 11.7. The summed E-state index contributed by atoms with van der Waals surface area (Å²) in [5, 5.41) is 12.7. The lowest BCUT2D eigenvalue weighted by Crippen LogP contribution is -2.47. The number of morpholine rings is 1. The van der Waals surface area contributed by atoms with Gasteiger partial charge in [0.1, 0.15) is 17.6 Å². The van der Waals surface area contributed by atoms with Crippen molar-refractivity contribution in [2.45, 2.75) is 25.5 Å². The molecule has 2 fully saturated rings. The van der Waals surface area contributed by atoms with Gasteiger partial charge in [-0.2, -0.15) is 0 Å². The Morgan fingerprint density at radius 2 is 2.07 bits per heavy atom. The Morgan fingerprint density at radius 3 is 2.89 bits per heavy atom. The highest BCUT2D eigenvalue weighted by Gasteiger charge is 2.26. The Kier molecular flexibility index (Phi) is 5.67. The zero-order chi connectivity index (χ0) is 19.3. The predicted molar refractivity (Wildman–Crippen MR) is 105 cm³/mol. The van der Waals surface area contributed by atoms with Crippen molar-refractivity contribution in [3.63, 3.8) is 0 Å². The highest BCUT2D eigenvalue weighted by molar-refractivity contribution is 5.74. The standard InChI is InChI=1S/C22H26N2O4/c25-19-6-3-5-17(12-19)21-14-24(10-11-27-21)22(26)23-13-18-4-1-2-7-20(18)28-15-16-8-9-16/h1-7,12,16,21,25H,8-11,13-15H2,(H,23,26). The molecule has 1 saturated heterocycles. The summed E-state index contributed by atoms with van der Waals surface area (Å²) in [6.45, 7) is 2.64. The van der Waals surface area contributed by atoms with Crippen LogP contribution in [0.5, 0.6) is 11.5 Å². The molecular formula is C22H26N2O4. The van der Waals surface area contributed by atoms with Crippen LogP contribution >= 0.6 is 0 Å². The molecular weight excluding hydrogens is 356 g/mol. The van der Waals surface area contributed by atoms with Crippen molar-refractivity contribution in [3.05, 3.63) is 59.7 Å². The number of rotatable bonds is 6. The van der Waals surface area contributed by atoms with Gasteiger partial charge in [-0.15, -0.1) is 0 Å². The van der Waals surface area contributed by atoms with E-state index in [4.69, 9.17) is 9.47 Å². The second kappa shape index (κ2) is 8.52. The number of urea groups is 1. The van der Waals surface area contributed by atoms with Gasteiger partial charge in [0.25, 0.3) is 0 Å². The zero-order valence-corrected chi connectivity index (χ0v) is 15.8. The monoisotopic (exact) mass is 382 g/mol. The minimum atomic E-state index is -0.235. The normalized spacial score (nSPS) is 19.3. The number of carbonyl (C=O) groups is 1. The van der Waals surface area contributed by atoms with E-state index < -0.39 is 0 Å². The predicted octanol–water partition coefficient (Wildman–Crippen LogP) is 3.46. The van der Waals surface area contributed by atoms with E-state index in [-0.39, 0.29) is 17.9 Å². The third kappa shape index (κ3) is 4.75. The first-order valence-corrected chi connectivity index (χ1v) is 9.83. The first-order chi connectivity index (χ1) is 13.7. The fourth-order valence-corrected chi connectivity index (χ4v) is 3.33. The summed E-state index contributed by atoms with van der Waals surface area (Å²) in [6, 6.07) is 14.7. The Bertz CT molecular complexity index is 822. The summed E-state index contributed by atoms with van der Waals surface area (Å²) in [7, 11) is 0. The van der Waals surface area contributed by atoms with Gasteiger partial charge < -0.3 is 24.8 Å². The second-order valence-electron chi connectivity index (χ2n) is 7.42. The minimum absolute atomic E-state index is 0.120. The molecule has 1 unspecified atom stereocenters. The van der Waals surface area contributed by atoms with Crippen LogP contribution in [0.2, 0.25) is 0 Å². The fourth-order valence-electron chi connectivity index (χ4n) is 3.33. The third-order valence-electron chi connectivity index (χ3n) is 5.17. The molecule has 1 saturated carbocycles. The largest absolute Gasteiger partial charge is 0.508 e. The number of ether oxygens (including phenoxy) is 2. The second-order valence-corrected chi connectivity index (χ2v) is 7.42. The van der Waals surface area contributed by atoms with E-state index in [0.717, 1.165) is 23.5 Å². The van der Waals surface area contributed by atoms with Gasteiger partial charge in [0, 0.05) is 18.7 Å². The van der Waals surface area contributed by atoms with Gasteiger partial charge in [-0.1, -0.05) is 30.3 Å². The number of aromatic hydroxyl groups is 1. The maximum atomic E-state index is 12.7. The smallest absolute Gasteiger partial charge is 0.317 e. The number of phenolic OH excluding ortho intramolecular Hbond substituents is 1. The van der Waals surface area contributed by atoms with E-state index in [1.54, 1.807) is 23.1 Å². The van der Waals surface area contributed by atoms with Crippen LogP contribution in [0.25, 0.3) is 0 Å². The first-order valence-electron chi connectivity index (χ1n) is 9.83. The summed E-state index contributed by atoms with van der Waals surface area (Å²) in [5.41, 5.74) is 1.85. The van der Waals surface area contributed by atoms with Gasteiger partial charge in [0.2, 0.25) is 0 Å². The van der Waals surface area contributed by atoms with Gasteiger partial charge >= 0.3 is 6.03 Å². The Balaban J connectivity index is 1.33. The topological polar surface area (TPSA) is 71.0 Å². The number of amides is 2. The molecule has 2 aliphatic rings. The average molecular weight is 382 g/mol. The first kappa shape index (κ1) is 18.6. The number of nitrogens with one attached hydrogen (secondary N) is 1. The molecule has 1 heterocycles. The number of hydrogen-bond acceptors (Lipinski definition) is 4. The molecule has 4 rings (SSSR count). The number of hydrogen-bond donors (Lipinski definition) is 2. The van der Waals surface area contributed by atoms with Crippen LogP contribution in [0, 0.1) is 5.92 Å². The molecule has 1 atom stereocenters. The van der Waals surface area contributed by atoms with Gasteiger partial charge in [0.15, 0.2) is 0 Å². The van der Waals surface area contributed by atoms with Gasteiger partial charge in [-0.3, -0.25) is 0 Å². The molecule has 1 aliphatic carbocycles. The molecule has 1 aliphatic heterocycles. The Labute approximate surface area is 165 Å². The molecule has 0 radical (unpaired) electrons. The van der Waals surface area contributed by atoms with E-state index in [2.05, 4.69) is 5.32 Å². The van der Waals surface area contributed by atoms with Crippen LogP contribution < -0.4 is 10.1 Å². The number of para-hydroxylation sites is 1. The maximum Gasteiger partial charge on any atom is 0.317 e. The van der Waals surface area contributed by atoms with E-state index in [9.17, 15) is 9.90 Å². The van der Waals surface area contributed by atoms with Gasteiger partial charge in [-0.05, 0) is 42.5 Å². The molecule has 6 heteroatoms. The Morgan fingerprint density at radius 1 is 1.21 bits per heavy atom. The number of benzene rings is 2. The number of carbonyl (C=O) groups excluding carboxylic acids is 1. The van der Waals surface area contributed by atoms with Crippen LogP contribution in [0.3, 0.4) is 0 Å². The summed E-state index contributed by atoms with van der Waals surface area (Å²) in [5.74, 6) is 1.73. The molecule has 28 heavy (non-hydrogen) atoms. The molecule has 0 aromatic heterocycles. The fraction of sp³-hybridized carbons (Fsp3) is 0.409. The molecule has 0 bridgehead atoms. The SMILES string of the molecule is O=C(NCc1ccccc1OCC1CC1)N1CCOC(c2cccc(O)c2)C1. The van der Waals surface area contributed by atoms with Crippen LogP contribution in [0.4, 0.5) is 4.79 Å². The van der Waals surface area contributed by atoms with E-state index >= 15 is 0 Å². The van der Waals surface area contributed by atoms with E-state index in [1.807, 2.05) is 30.3 Å². The number of phenols is 1. The third-order valence-corrected chi connectivity index (χ3v) is 5.17. The van der Waals surface area contributed by atoms with Crippen molar-refractivity contribution in [2.75, 3.05) is 26.3 Å². The van der Waals surface area contributed by atoms with Gasteiger partial charge in [0.05, 0.1) is 19.8 Å². The minimum Gasteiger partial charge on any atom is -0.508 e. The lowest BCUT2D eigenvalue weighted by atomic mass is 10.1. The molecule has 6 nitrogen and oxygen atoms in total. The summed E-state index contributed by atoms with van der Waals surface area (Å²) in [4.78, 5) is 14.4. The van der Waals surface area contributed by atoms with Crippen LogP contribution in [0.1, 0.15) is 30.1 Å². The van der Waals surface area contributed by atoms with Crippen LogP contribution in [-0.4, -0.2) is 42.3 Å². The molecule has 2 aromatic carbocycles. The maximum absolute atomic E-state index is 12.7. The average Bonchev–Trinajstić information content (AvgIpc) is 3.56. The zero-order valence-electron chi connectivity index (χ0n) is 15.8. The molecule has 148 valence electrons. The van der Waals surface area contributed by atoms with Gasteiger partial charge in [-0.25, -0.2) is 4.79 Å². The molecule has 2 aromatic rings. The van der Waals surface area contributed by atoms with E-state index in [1.165, 1.54) is 12.8 Å². The molecule has 2 amide bonds. The summed E-state index contributed by atoms with van der Waals surface area (Å²) in [6.07, 6.45) is 2.26. The lowest BCUT2D eigenvalue weighted by molar-refractivity contribution is -0.0155. The van der Waals surface area contributed by atoms with E-state index in [0.29, 0.717) is 32.2 Å². The highest BCUT2D eigenvalue weighted by atomic mass is 16.5. The number of nitrogens with zero attached hydrogens (tertiary/aromatic N) is 1. The highest BCUT2D eigenvalue weighted by Crippen LogP contribution is 2.30. The van der Waals surface area contributed by atoms with Crippen molar-refractivity contribution in [3.8, 4) is 11.5 Å². The quantitative estimate of drug-likeness (QED) is 0.803. The van der Waals surface area contributed by atoms with Crippen molar-refractivity contribution in [1.29, 1.82) is 0 Å².